The molecule has 2 heteroatoms. The maximum atomic E-state index is 3.28. The Morgan fingerprint density at radius 2 is 2.07 bits per heavy atom. The highest BCUT2D eigenvalue weighted by molar-refractivity contribution is 5.48. The van der Waals surface area contributed by atoms with Crippen molar-refractivity contribution in [2.75, 3.05) is 26.7 Å². The van der Waals surface area contributed by atoms with Crippen molar-refractivity contribution in [3.05, 3.63) is 42.0 Å². The van der Waals surface area contributed by atoms with E-state index < -0.39 is 0 Å². The van der Waals surface area contributed by atoms with E-state index in [9.17, 15) is 0 Å². The summed E-state index contributed by atoms with van der Waals surface area (Å²) in [7, 11) is 2.18. The predicted molar refractivity (Wildman–Crippen MR) is 64.8 cm³/mol. The van der Waals surface area contributed by atoms with Crippen LogP contribution in [0.5, 0.6) is 0 Å². The average molecular weight is 202 g/mol. The first-order chi connectivity index (χ1) is 7.36. The summed E-state index contributed by atoms with van der Waals surface area (Å²) >= 11 is 0. The van der Waals surface area contributed by atoms with E-state index in [-0.39, 0.29) is 0 Å². The van der Waals surface area contributed by atoms with Crippen LogP contribution in [0.4, 0.5) is 0 Å². The molecule has 0 spiro atoms. The molecule has 0 saturated carbocycles. The van der Waals surface area contributed by atoms with Crippen LogP contribution < -0.4 is 5.32 Å². The van der Waals surface area contributed by atoms with Crippen LogP contribution in [0.1, 0.15) is 5.56 Å². The minimum Gasteiger partial charge on any atom is -0.314 e. The lowest BCUT2D eigenvalue weighted by Gasteiger charge is -2.34. The summed E-state index contributed by atoms with van der Waals surface area (Å²) in [4.78, 5) is 2.38. The van der Waals surface area contributed by atoms with E-state index in [2.05, 4.69) is 53.7 Å². The Balaban J connectivity index is 1.79. The van der Waals surface area contributed by atoms with Crippen molar-refractivity contribution < 1.29 is 0 Å². The van der Waals surface area contributed by atoms with Gasteiger partial charge in [-0.3, -0.25) is 4.90 Å². The molecule has 1 aromatic rings. The first kappa shape index (κ1) is 10.4. The summed E-state index contributed by atoms with van der Waals surface area (Å²) < 4.78 is 0. The van der Waals surface area contributed by atoms with Crippen LogP contribution in [-0.2, 0) is 0 Å². The van der Waals surface area contributed by atoms with Gasteiger partial charge in [-0.25, -0.2) is 0 Å². The third-order valence-electron chi connectivity index (χ3n) is 2.89. The molecule has 0 aliphatic carbocycles. The highest BCUT2D eigenvalue weighted by Gasteiger charge is 2.19. The zero-order chi connectivity index (χ0) is 10.5. The first-order valence-electron chi connectivity index (χ1n) is 5.49. The average Bonchev–Trinajstić information content (AvgIpc) is 2.16. The molecule has 1 aliphatic rings. The second kappa shape index (κ2) is 5.10. The van der Waals surface area contributed by atoms with Crippen molar-refractivity contribution in [3.8, 4) is 0 Å². The third kappa shape index (κ3) is 2.91. The maximum Gasteiger partial charge on any atom is 0.0345 e. The molecular weight excluding hydrogens is 184 g/mol. The van der Waals surface area contributed by atoms with Crippen molar-refractivity contribution in [1.29, 1.82) is 0 Å². The van der Waals surface area contributed by atoms with Crippen molar-refractivity contribution in [2.24, 2.45) is 0 Å². The molecule has 15 heavy (non-hydrogen) atoms. The molecule has 80 valence electrons. The molecule has 0 unspecified atom stereocenters. The number of rotatable bonds is 4. The molecule has 0 bridgehead atoms. The predicted octanol–water partition coefficient (Wildman–Crippen LogP) is 1.60. The minimum absolute atomic E-state index is 0.727. The van der Waals surface area contributed by atoms with Crippen LogP contribution in [0.25, 0.3) is 6.08 Å². The Hall–Kier alpha value is -1.12. The molecule has 1 fully saturated rings. The summed E-state index contributed by atoms with van der Waals surface area (Å²) in [6.45, 7) is 3.30. The largest absolute Gasteiger partial charge is 0.314 e. The number of nitrogens with one attached hydrogen (secondary N) is 1. The normalized spacial score (nSPS) is 17.2. The third-order valence-corrected chi connectivity index (χ3v) is 2.89. The summed E-state index contributed by atoms with van der Waals surface area (Å²) in [5.41, 5.74) is 1.28. The van der Waals surface area contributed by atoms with Gasteiger partial charge >= 0.3 is 0 Å². The van der Waals surface area contributed by atoms with Crippen LogP contribution in [-0.4, -0.2) is 37.6 Å². The number of likely N-dealkylation sites (N-methyl/N-ethyl adjacent to an activating group) is 1. The van der Waals surface area contributed by atoms with E-state index in [0.29, 0.717) is 0 Å². The van der Waals surface area contributed by atoms with Gasteiger partial charge in [0.2, 0.25) is 0 Å². The molecule has 1 saturated heterocycles. The topological polar surface area (TPSA) is 15.3 Å². The van der Waals surface area contributed by atoms with E-state index in [1.807, 2.05) is 6.07 Å². The summed E-state index contributed by atoms with van der Waals surface area (Å²) in [6, 6.07) is 11.2. The molecule has 0 radical (unpaired) electrons. The standard InChI is InChI=1S/C13H18N2/c1-15(13-10-14-11-13)9-5-8-12-6-3-2-4-7-12/h2-8,13-14H,9-11H2,1H3/b8-5+. The van der Waals surface area contributed by atoms with Gasteiger partial charge in [0.05, 0.1) is 0 Å². The molecular formula is C13H18N2. The second-order valence-electron chi connectivity index (χ2n) is 4.06. The van der Waals surface area contributed by atoms with Crippen LogP contribution >= 0.6 is 0 Å². The first-order valence-corrected chi connectivity index (χ1v) is 5.49. The second-order valence-corrected chi connectivity index (χ2v) is 4.06. The molecule has 1 N–H and O–H groups in total. The number of nitrogens with zero attached hydrogens (tertiary/aromatic N) is 1. The fraction of sp³-hybridized carbons (Fsp3) is 0.385. The monoisotopic (exact) mass is 202 g/mol. The van der Waals surface area contributed by atoms with Crippen molar-refractivity contribution in [2.45, 2.75) is 6.04 Å². The Morgan fingerprint density at radius 3 is 2.67 bits per heavy atom. The molecule has 0 amide bonds. The van der Waals surface area contributed by atoms with Gasteiger partial charge in [0.25, 0.3) is 0 Å². The number of hydrogen-bond acceptors (Lipinski definition) is 2. The van der Waals surface area contributed by atoms with Gasteiger partial charge in [0, 0.05) is 25.7 Å². The van der Waals surface area contributed by atoms with Gasteiger partial charge in [-0.05, 0) is 12.6 Å². The van der Waals surface area contributed by atoms with Gasteiger partial charge in [-0.15, -0.1) is 0 Å². The maximum absolute atomic E-state index is 3.28. The highest BCUT2D eigenvalue weighted by atomic mass is 15.2. The zero-order valence-electron chi connectivity index (χ0n) is 9.19. The van der Waals surface area contributed by atoms with Crippen molar-refractivity contribution in [3.63, 3.8) is 0 Å². The van der Waals surface area contributed by atoms with Crippen molar-refractivity contribution >= 4 is 6.08 Å². The quantitative estimate of drug-likeness (QED) is 0.798. The lowest BCUT2D eigenvalue weighted by molar-refractivity contribution is 0.197. The lowest BCUT2D eigenvalue weighted by atomic mass is 10.1. The van der Waals surface area contributed by atoms with E-state index >= 15 is 0 Å². The Morgan fingerprint density at radius 1 is 1.33 bits per heavy atom. The SMILES string of the molecule is CN(C/C=C/c1ccccc1)C1CNC1. The van der Waals surface area contributed by atoms with Gasteiger partial charge in [-0.2, -0.15) is 0 Å². The molecule has 0 aromatic heterocycles. The Bertz CT molecular complexity index is 315. The Kier molecular flexibility index (Phi) is 3.54. The Labute approximate surface area is 91.6 Å². The fourth-order valence-corrected chi connectivity index (χ4v) is 1.65. The molecule has 0 atom stereocenters. The van der Waals surface area contributed by atoms with E-state index in [0.717, 1.165) is 25.7 Å². The highest BCUT2D eigenvalue weighted by Crippen LogP contribution is 2.04. The fourth-order valence-electron chi connectivity index (χ4n) is 1.65. The summed E-state index contributed by atoms with van der Waals surface area (Å²) in [6.07, 6.45) is 4.41. The van der Waals surface area contributed by atoms with Gasteiger partial charge in [0.15, 0.2) is 0 Å². The van der Waals surface area contributed by atoms with Gasteiger partial charge < -0.3 is 5.32 Å². The summed E-state index contributed by atoms with van der Waals surface area (Å²) in [5.74, 6) is 0. The summed E-state index contributed by atoms with van der Waals surface area (Å²) in [5, 5.41) is 3.28. The van der Waals surface area contributed by atoms with Crippen LogP contribution in [0.2, 0.25) is 0 Å². The lowest BCUT2D eigenvalue weighted by Crippen LogP contribution is -2.55. The number of benzene rings is 1. The van der Waals surface area contributed by atoms with Crippen LogP contribution in [0.15, 0.2) is 36.4 Å². The minimum atomic E-state index is 0.727. The van der Waals surface area contributed by atoms with Crippen LogP contribution in [0, 0.1) is 0 Å². The van der Waals surface area contributed by atoms with Gasteiger partial charge in [0.1, 0.15) is 0 Å². The van der Waals surface area contributed by atoms with Crippen molar-refractivity contribution in [1.82, 2.24) is 10.2 Å². The number of hydrogen-bond donors (Lipinski definition) is 1. The molecule has 2 rings (SSSR count). The van der Waals surface area contributed by atoms with Gasteiger partial charge in [-0.1, -0.05) is 42.5 Å². The molecule has 1 aliphatic heterocycles. The van der Waals surface area contributed by atoms with E-state index in [4.69, 9.17) is 0 Å². The van der Waals surface area contributed by atoms with E-state index in [1.165, 1.54) is 5.56 Å². The smallest absolute Gasteiger partial charge is 0.0345 e. The zero-order valence-corrected chi connectivity index (χ0v) is 9.19. The van der Waals surface area contributed by atoms with E-state index in [1.54, 1.807) is 0 Å². The van der Waals surface area contributed by atoms with Crippen LogP contribution in [0.3, 0.4) is 0 Å². The molecule has 2 nitrogen and oxygen atoms in total. The molecule has 1 aromatic carbocycles. The molecule has 1 heterocycles.